The zero-order valence-electron chi connectivity index (χ0n) is 11.4. The van der Waals surface area contributed by atoms with Crippen LogP contribution < -0.4 is 0 Å². The Hall–Kier alpha value is -2.70. The quantitative estimate of drug-likeness (QED) is 0.529. The van der Waals surface area contributed by atoms with Crippen LogP contribution in [0.1, 0.15) is 11.1 Å². The zero-order valence-corrected chi connectivity index (χ0v) is 11.4. The van der Waals surface area contributed by atoms with Crippen LogP contribution in [-0.2, 0) is 7.05 Å². The van der Waals surface area contributed by atoms with Gasteiger partial charge in [-0.1, -0.05) is 0 Å². The summed E-state index contributed by atoms with van der Waals surface area (Å²) in [5, 5.41) is 11.1. The van der Waals surface area contributed by atoms with E-state index in [2.05, 4.69) is 9.97 Å². The number of nitro groups is 1. The number of aryl methyl sites for hydroxylation is 3. The highest BCUT2D eigenvalue weighted by molar-refractivity contribution is 5.79. The second kappa shape index (κ2) is 4.16. The fraction of sp³-hybridized carbons (Fsp3) is 0.231. The van der Waals surface area contributed by atoms with Crippen molar-refractivity contribution in [1.82, 2.24) is 19.1 Å². The Kier molecular flexibility index (Phi) is 2.56. The molecule has 3 rings (SSSR count). The molecule has 0 bridgehead atoms. The molecule has 102 valence electrons. The molecular formula is C13H13N5O2. The number of hydrogen-bond donors (Lipinski definition) is 0. The maximum atomic E-state index is 11.1. The van der Waals surface area contributed by atoms with E-state index in [1.165, 1.54) is 6.33 Å². The van der Waals surface area contributed by atoms with Gasteiger partial charge in [-0.3, -0.25) is 9.13 Å². The van der Waals surface area contributed by atoms with Crippen LogP contribution in [0, 0.1) is 24.0 Å². The van der Waals surface area contributed by atoms with Gasteiger partial charge in [0.05, 0.1) is 11.0 Å². The minimum absolute atomic E-state index is 0.176. The van der Waals surface area contributed by atoms with Crippen molar-refractivity contribution in [2.24, 2.45) is 7.05 Å². The van der Waals surface area contributed by atoms with Gasteiger partial charge in [-0.05, 0) is 47.0 Å². The fourth-order valence-electron chi connectivity index (χ4n) is 2.25. The van der Waals surface area contributed by atoms with E-state index in [9.17, 15) is 10.1 Å². The normalized spacial score (nSPS) is 11.2. The first-order chi connectivity index (χ1) is 9.49. The number of imidazole rings is 2. The van der Waals surface area contributed by atoms with E-state index in [-0.39, 0.29) is 5.82 Å². The molecule has 0 aliphatic heterocycles. The lowest BCUT2D eigenvalue weighted by Crippen LogP contribution is -2.03. The average Bonchev–Trinajstić information content (AvgIpc) is 2.93. The molecule has 0 aliphatic rings. The highest BCUT2D eigenvalue weighted by Crippen LogP contribution is 2.26. The first kappa shape index (κ1) is 12.3. The van der Waals surface area contributed by atoms with Gasteiger partial charge in [0.1, 0.15) is 6.33 Å². The second-order valence-electron chi connectivity index (χ2n) is 4.80. The monoisotopic (exact) mass is 271 g/mol. The van der Waals surface area contributed by atoms with Crippen molar-refractivity contribution in [2.45, 2.75) is 13.8 Å². The summed E-state index contributed by atoms with van der Waals surface area (Å²) < 4.78 is 3.32. The summed E-state index contributed by atoms with van der Waals surface area (Å²) in [7, 11) is 1.72. The molecular weight excluding hydrogens is 258 g/mol. The van der Waals surface area contributed by atoms with Gasteiger partial charge < -0.3 is 10.1 Å². The largest absolute Gasteiger partial charge is 0.407 e. The molecule has 0 unspecified atom stereocenters. The van der Waals surface area contributed by atoms with Gasteiger partial charge in [0.15, 0.2) is 0 Å². The van der Waals surface area contributed by atoms with Crippen LogP contribution in [0.2, 0.25) is 0 Å². The highest BCUT2D eigenvalue weighted by atomic mass is 16.6. The van der Waals surface area contributed by atoms with Crippen LogP contribution in [0.15, 0.2) is 24.8 Å². The molecule has 7 nitrogen and oxygen atoms in total. The Morgan fingerprint density at radius 2 is 1.85 bits per heavy atom. The summed E-state index contributed by atoms with van der Waals surface area (Å²) in [5.74, 6) is 0.228. The van der Waals surface area contributed by atoms with Crippen molar-refractivity contribution in [2.75, 3.05) is 0 Å². The Bertz CT molecular complexity index is 831. The molecule has 7 heteroatoms. The van der Waals surface area contributed by atoms with Crippen LogP contribution >= 0.6 is 0 Å². The third-order valence-corrected chi connectivity index (χ3v) is 3.45. The van der Waals surface area contributed by atoms with Gasteiger partial charge in [0, 0.05) is 7.05 Å². The Morgan fingerprint density at radius 1 is 1.15 bits per heavy atom. The molecule has 20 heavy (non-hydrogen) atoms. The molecule has 2 heterocycles. The molecule has 0 amide bonds. The predicted molar refractivity (Wildman–Crippen MR) is 74.0 cm³/mol. The lowest BCUT2D eigenvalue weighted by atomic mass is 10.1. The molecule has 3 aromatic rings. The first-order valence-electron chi connectivity index (χ1n) is 6.09. The molecule has 0 N–H and O–H groups in total. The third kappa shape index (κ3) is 1.67. The van der Waals surface area contributed by atoms with Gasteiger partial charge in [-0.25, -0.2) is 4.98 Å². The number of fused-ring (bicyclic) bond motifs is 1. The standard InChI is InChI=1S/C13H13N5O2/c1-8-4-10-11(5-9(8)2)17(7-14-10)13-12(18(19)20)15-6-16(13)3/h4-7H,1-3H3. The van der Waals surface area contributed by atoms with Gasteiger partial charge in [-0.2, -0.15) is 0 Å². The number of hydrogen-bond acceptors (Lipinski definition) is 4. The second-order valence-corrected chi connectivity index (χ2v) is 4.80. The van der Waals surface area contributed by atoms with Gasteiger partial charge in [0.25, 0.3) is 0 Å². The molecule has 0 atom stereocenters. The summed E-state index contributed by atoms with van der Waals surface area (Å²) in [6.45, 7) is 4.02. The third-order valence-electron chi connectivity index (χ3n) is 3.45. The lowest BCUT2D eigenvalue weighted by molar-refractivity contribution is -0.389. The van der Waals surface area contributed by atoms with Crippen LogP contribution in [0.4, 0.5) is 5.82 Å². The Labute approximate surface area is 114 Å². The molecule has 0 saturated heterocycles. The van der Waals surface area contributed by atoms with E-state index in [0.717, 1.165) is 22.2 Å². The smallest absolute Gasteiger partial charge is 0.358 e. The Balaban J connectivity index is 2.33. The minimum Gasteiger partial charge on any atom is -0.358 e. The SMILES string of the molecule is Cc1cc2ncn(-c3c([N+](=O)[O-])ncn3C)c2cc1C. The average molecular weight is 271 g/mol. The van der Waals surface area contributed by atoms with Gasteiger partial charge in [-0.15, -0.1) is 0 Å². The van der Waals surface area contributed by atoms with E-state index in [1.807, 2.05) is 26.0 Å². The van der Waals surface area contributed by atoms with Gasteiger partial charge in [0.2, 0.25) is 12.1 Å². The summed E-state index contributed by atoms with van der Waals surface area (Å²) in [5.41, 5.74) is 3.90. The van der Waals surface area contributed by atoms with E-state index in [1.54, 1.807) is 22.5 Å². The zero-order chi connectivity index (χ0) is 14.4. The van der Waals surface area contributed by atoms with Crippen LogP contribution in [-0.4, -0.2) is 24.0 Å². The number of benzene rings is 1. The highest BCUT2D eigenvalue weighted by Gasteiger charge is 2.23. The molecule has 0 fully saturated rings. The maximum Gasteiger partial charge on any atom is 0.407 e. The number of rotatable bonds is 2. The van der Waals surface area contributed by atoms with Crippen LogP contribution in [0.25, 0.3) is 16.9 Å². The molecule has 0 spiro atoms. The number of aromatic nitrogens is 4. The van der Waals surface area contributed by atoms with Crippen molar-refractivity contribution >= 4 is 16.9 Å². The molecule has 1 aromatic carbocycles. The molecule has 2 aromatic heterocycles. The topological polar surface area (TPSA) is 78.8 Å². The minimum atomic E-state index is -0.484. The van der Waals surface area contributed by atoms with Crippen molar-refractivity contribution in [3.8, 4) is 5.82 Å². The molecule has 0 saturated carbocycles. The van der Waals surface area contributed by atoms with Crippen LogP contribution in [0.5, 0.6) is 0 Å². The van der Waals surface area contributed by atoms with Crippen molar-refractivity contribution in [3.05, 3.63) is 46.0 Å². The van der Waals surface area contributed by atoms with Crippen molar-refractivity contribution < 1.29 is 4.92 Å². The fourth-order valence-corrected chi connectivity index (χ4v) is 2.25. The summed E-state index contributed by atoms with van der Waals surface area (Å²) >= 11 is 0. The van der Waals surface area contributed by atoms with Crippen molar-refractivity contribution in [1.29, 1.82) is 0 Å². The summed E-state index contributed by atoms with van der Waals surface area (Å²) in [4.78, 5) is 18.8. The number of nitrogens with zero attached hydrogens (tertiary/aromatic N) is 5. The Morgan fingerprint density at radius 3 is 2.55 bits per heavy atom. The summed E-state index contributed by atoms with van der Waals surface area (Å²) in [6, 6.07) is 3.96. The van der Waals surface area contributed by atoms with E-state index >= 15 is 0 Å². The summed E-state index contributed by atoms with van der Waals surface area (Å²) in [6.07, 6.45) is 3.02. The van der Waals surface area contributed by atoms with Crippen molar-refractivity contribution in [3.63, 3.8) is 0 Å². The molecule has 0 radical (unpaired) electrons. The van der Waals surface area contributed by atoms with E-state index in [0.29, 0.717) is 5.82 Å². The van der Waals surface area contributed by atoms with Gasteiger partial charge >= 0.3 is 5.82 Å². The van der Waals surface area contributed by atoms with Crippen LogP contribution in [0.3, 0.4) is 0 Å². The lowest BCUT2D eigenvalue weighted by Gasteiger charge is -2.06. The van der Waals surface area contributed by atoms with E-state index < -0.39 is 4.92 Å². The van der Waals surface area contributed by atoms with E-state index in [4.69, 9.17) is 0 Å². The maximum absolute atomic E-state index is 11.1. The first-order valence-corrected chi connectivity index (χ1v) is 6.09. The predicted octanol–water partition coefficient (Wildman–Crippen LogP) is 2.28. The molecule has 0 aliphatic carbocycles.